The molecule has 1 saturated carbocycles. The molecule has 0 spiro atoms. The Morgan fingerprint density at radius 3 is 2.61 bits per heavy atom. The van der Waals surface area contributed by atoms with Crippen molar-refractivity contribution < 1.29 is 13.2 Å². The van der Waals surface area contributed by atoms with Gasteiger partial charge in [0.1, 0.15) is 17.8 Å². The maximum Gasteiger partial charge on any atom is 0.236 e. The average Bonchev–Trinajstić information content (AvgIpc) is 3.49. The predicted molar refractivity (Wildman–Crippen MR) is 142 cm³/mol. The molecule has 3 N–H and O–H groups in total. The summed E-state index contributed by atoms with van der Waals surface area (Å²) in [6, 6.07) is 11.3. The molecule has 5 rings (SSSR count). The van der Waals surface area contributed by atoms with Gasteiger partial charge in [0.25, 0.3) is 0 Å². The molecule has 2 aromatic carbocycles. The van der Waals surface area contributed by atoms with Gasteiger partial charge in [-0.3, -0.25) is 9.52 Å². The topological polar surface area (TPSA) is 120 Å². The van der Waals surface area contributed by atoms with Gasteiger partial charge in [-0.05, 0) is 42.7 Å². The Balaban J connectivity index is 1.44. The third-order valence-electron chi connectivity index (χ3n) is 6.34. The lowest BCUT2D eigenvalue weighted by molar-refractivity contribution is 0.104. The number of nitrogen functional groups attached to an aromatic ring is 1. The van der Waals surface area contributed by atoms with E-state index in [1.165, 1.54) is 18.5 Å². The smallest absolute Gasteiger partial charge is 0.236 e. The highest BCUT2D eigenvalue weighted by molar-refractivity contribution is 7.91. The molecule has 2 heterocycles. The third kappa shape index (κ3) is 4.91. The van der Waals surface area contributed by atoms with Crippen LogP contribution >= 0.6 is 23.2 Å². The van der Waals surface area contributed by atoms with E-state index in [9.17, 15) is 13.2 Å². The van der Waals surface area contributed by atoms with E-state index in [0.29, 0.717) is 32.7 Å². The summed E-state index contributed by atoms with van der Waals surface area (Å²) < 4.78 is 30.1. The van der Waals surface area contributed by atoms with Crippen molar-refractivity contribution >= 4 is 61.5 Å². The number of sulfonamides is 1. The molecular formula is C25H23Cl2N5O3S. The number of halogens is 2. The van der Waals surface area contributed by atoms with Crippen molar-refractivity contribution in [2.75, 3.05) is 10.5 Å². The van der Waals surface area contributed by atoms with Crippen molar-refractivity contribution in [3.05, 3.63) is 81.7 Å². The molecule has 0 bridgehead atoms. The summed E-state index contributed by atoms with van der Waals surface area (Å²) in [4.78, 5) is 22.1. The lowest BCUT2D eigenvalue weighted by atomic mass is 10.0. The molecule has 0 amide bonds. The highest BCUT2D eigenvalue weighted by Crippen LogP contribution is 2.35. The van der Waals surface area contributed by atoms with Crippen LogP contribution in [0.25, 0.3) is 11.0 Å². The van der Waals surface area contributed by atoms with Crippen LogP contribution in [0, 0.1) is 0 Å². The number of hydrogen-bond acceptors (Lipinski definition) is 6. The summed E-state index contributed by atoms with van der Waals surface area (Å²) in [5.41, 5.74) is 8.27. The van der Waals surface area contributed by atoms with Gasteiger partial charge in [-0.2, -0.15) is 0 Å². The number of benzene rings is 2. The Morgan fingerprint density at radius 2 is 1.86 bits per heavy atom. The largest absolute Gasteiger partial charge is 0.383 e. The van der Waals surface area contributed by atoms with Crippen molar-refractivity contribution in [3.63, 3.8) is 0 Å². The van der Waals surface area contributed by atoms with Gasteiger partial charge >= 0.3 is 0 Å². The van der Waals surface area contributed by atoms with Crippen LogP contribution in [0.4, 0.5) is 11.5 Å². The number of carbonyl (C=O) groups excluding carboxylic acids is 1. The molecule has 8 nitrogen and oxygen atoms in total. The molecule has 1 fully saturated rings. The van der Waals surface area contributed by atoms with Gasteiger partial charge in [-0.15, -0.1) is 0 Å². The Bertz CT molecular complexity index is 1580. The lowest BCUT2D eigenvalue weighted by Gasteiger charge is -2.12. The number of rotatable bonds is 7. The van der Waals surface area contributed by atoms with E-state index >= 15 is 0 Å². The second kappa shape index (κ2) is 9.72. The van der Waals surface area contributed by atoms with Gasteiger partial charge in [0, 0.05) is 23.5 Å². The van der Waals surface area contributed by atoms with Crippen LogP contribution < -0.4 is 10.5 Å². The first-order valence-corrected chi connectivity index (χ1v) is 13.8. The second-order valence-electron chi connectivity index (χ2n) is 8.87. The summed E-state index contributed by atoms with van der Waals surface area (Å²) in [5, 5.41) is 1.13. The minimum atomic E-state index is -3.78. The Hall–Kier alpha value is -3.14. The van der Waals surface area contributed by atoms with Gasteiger partial charge in [0.05, 0.1) is 26.7 Å². The van der Waals surface area contributed by atoms with Crippen LogP contribution in [0.2, 0.25) is 10.0 Å². The highest BCUT2D eigenvalue weighted by Gasteiger charge is 2.25. The van der Waals surface area contributed by atoms with Crippen LogP contribution in [-0.4, -0.2) is 28.7 Å². The zero-order valence-corrected chi connectivity index (χ0v) is 21.4. The minimum Gasteiger partial charge on any atom is -0.383 e. The summed E-state index contributed by atoms with van der Waals surface area (Å²) in [6.45, 7) is 0. The third-order valence-corrected chi connectivity index (χ3v) is 8.34. The molecule has 1 aliphatic carbocycles. The van der Waals surface area contributed by atoms with Crippen molar-refractivity contribution in [1.82, 2.24) is 14.5 Å². The van der Waals surface area contributed by atoms with Crippen molar-refractivity contribution in [2.45, 2.75) is 37.5 Å². The number of aromatic nitrogens is 3. The zero-order valence-electron chi connectivity index (χ0n) is 19.1. The Morgan fingerprint density at radius 1 is 1.08 bits per heavy atom. The molecule has 0 unspecified atom stereocenters. The van der Waals surface area contributed by atoms with Crippen LogP contribution in [0.1, 0.15) is 53.2 Å². The molecule has 11 heteroatoms. The molecule has 2 aromatic heterocycles. The summed E-state index contributed by atoms with van der Waals surface area (Å²) in [6.07, 6.45) is 7.47. The van der Waals surface area contributed by atoms with E-state index in [1.807, 2.05) is 4.57 Å². The minimum absolute atomic E-state index is 0.235. The summed E-state index contributed by atoms with van der Waals surface area (Å²) in [5.74, 6) is -0.354. The van der Waals surface area contributed by atoms with Crippen molar-refractivity contribution in [2.24, 2.45) is 0 Å². The number of nitrogens with zero attached hydrogens (tertiary/aromatic N) is 3. The number of fused-ring (bicyclic) bond motifs is 1. The SMILES string of the molecule is Nc1ncnc2c1c(C(=O)c1cccc(NS(=O)(=O)Cc3ccc(Cl)c(Cl)c3)c1)cn2C1CCCC1. The van der Waals surface area contributed by atoms with Crippen LogP contribution in [0.3, 0.4) is 0 Å². The quantitative estimate of drug-likeness (QED) is 0.292. The number of hydrogen-bond donors (Lipinski definition) is 2. The van der Waals surface area contributed by atoms with Gasteiger partial charge < -0.3 is 10.3 Å². The van der Waals surface area contributed by atoms with E-state index in [1.54, 1.807) is 36.5 Å². The average molecular weight is 544 g/mol. The standard InChI is InChI=1S/C25H23Cl2N5O3S/c26-20-9-8-15(10-21(20)27)13-36(34,35)31-17-5-3-4-16(11-17)23(33)19-12-32(18-6-1-2-7-18)25-22(19)24(28)29-14-30-25/h3-5,8-12,14,18,31H,1-2,6-7,13H2,(H2,28,29,30). The highest BCUT2D eigenvalue weighted by atomic mass is 35.5. The first-order chi connectivity index (χ1) is 17.2. The fourth-order valence-electron chi connectivity index (χ4n) is 4.69. The molecule has 0 atom stereocenters. The molecule has 0 saturated heterocycles. The predicted octanol–water partition coefficient (Wildman–Crippen LogP) is 5.61. The lowest BCUT2D eigenvalue weighted by Crippen LogP contribution is -2.15. The van der Waals surface area contributed by atoms with E-state index < -0.39 is 10.0 Å². The van der Waals surface area contributed by atoms with E-state index in [4.69, 9.17) is 28.9 Å². The molecule has 0 radical (unpaired) electrons. The fraction of sp³-hybridized carbons (Fsp3) is 0.240. The van der Waals surface area contributed by atoms with Crippen molar-refractivity contribution in [3.8, 4) is 0 Å². The molecule has 186 valence electrons. The zero-order chi connectivity index (χ0) is 25.4. The normalized spacial score (nSPS) is 14.4. The Kier molecular flexibility index (Phi) is 6.63. The number of carbonyl (C=O) groups is 1. The monoisotopic (exact) mass is 543 g/mol. The summed E-state index contributed by atoms with van der Waals surface area (Å²) in [7, 11) is -3.78. The number of nitrogens with one attached hydrogen (secondary N) is 1. The van der Waals surface area contributed by atoms with Gasteiger partial charge in [0.2, 0.25) is 10.0 Å². The molecule has 0 aliphatic heterocycles. The number of ketones is 1. The van der Waals surface area contributed by atoms with Gasteiger partial charge in [-0.1, -0.05) is 54.2 Å². The first kappa shape index (κ1) is 24.5. The molecule has 36 heavy (non-hydrogen) atoms. The fourth-order valence-corrected chi connectivity index (χ4v) is 6.18. The molecule has 4 aromatic rings. The first-order valence-electron chi connectivity index (χ1n) is 11.4. The van der Waals surface area contributed by atoms with Crippen molar-refractivity contribution in [1.29, 1.82) is 0 Å². The van der Waals surface area contributed by atoms with Crippen LogP contribution in [-0.2, 0) is 15.8 Å². The second-order valence-corrected chi connectivity index (χ2v) is 11.4. The van der Waals surface area contributed by atoms with E-state index in [2.05, 4.69) is 14.7 Å². The molecule has 1 aliphatic rings. The number of nitrogens with two attached hydrogens (primary N) is 1. The van der Waals surface area contributed by atoms with Crippen LogP contribution in [0.5, 0.6) is 0 Å². The van der Waals surface area contributed by atoms with Gasteiger partial charge in [-0.25, -0.2) is 18.4 Å². The van der Waals surface area contributed by atoms with E-state index in [-0.39, 0.29) is 34.1 Å². The molecular weight excluding hydrogens is 521 g/mol. The maximum absolute atomic E-state index is 13.6. The van der Waals surface area contributed by atoms with Crippen LogP contribution in [0.15, 0.2) is 55.0 Å². The maximum atomic E-state index is 13.6. The Labute approximate surface area is 218 Å². The summed E-state index contributed by atoms with van der Waals surface area (Å²) >= 11 is 11.9. The van der Waals surface area contributed by atoms with E-state index in [0.717, 1.165) is 25.7 Å². The van der Waals surface area contributed by atoms with Gasteiger partial charge in [0.15, 0.2) is 5.78 Å². The number of anilines is 2.